The maximum atomic E-state index is 13.8. The zero-order valence-electron chi connectivity index (χ0n) is 18.3. The van der Waals surface area contributed by atoms with Crippen molar-refractivity contribution in [3.8, 4) is 5.75 Å². The van der Waals surface area contributed by atoms with Crippen LogP contribution in [0.2, 0.25) is 0 Å². The minimum Gasteiger partial charge on any atom is -0.508 e. The molecule has 2 amide bonds. The van der Waals surface area contributed by atoms with Crippen molar-refractivity contribution in [2.75, 3.05) is 14.1 Å². The molecule has 2 heterocycles. The van der Waals surface area contributed by atoms with Gasteiger partial charge in [0, 0.05) is 33.1 Å². The first-order valence-electron chi connectivity index (χ1n) is 10.3. The number of likely N-dealkylation sites (N-methyl/N-ethyl adjacent to an activating group) is 2. The molecule has 4 rings (SSSR count). The normalized spacial score (nSPS) is 18.9. The minimum atomic E-state index is -0.867. The van der Waals surface area contributed by atoms with Crippen LogP contribution in [0.15, 0.2) is 36.5 Å². The Morgan fingerprint density at radius 3 is 2.33 bits per heavy atom. The molecule has 1 fully saturated rings. The lowest BCUT2D eigenvalue weighted by atomic mass is 9.95. The van der Waals surface area contributed by atoms with E-state index in [9.17, 15) is 29.2 Å². The number of nitro groups is 1. The number of carbonyl (C=O) groups excluding carboxylic acids is 2. The van der Waals surface area contributed by atoms with E-state index in [2.05, 4.69) is 4.98 Å². The van der Waals surface area contributed by atoms with Crippen molar-refractivity contribution < 1.29 is 24.0 Å². The Balaban J connectivity index is 1.62. The van der Waals surface area contributed by atoms with Crippen molar-refractivity contribution >= 4 is 28.4 Å². The van der Waals surface area contributed by atoms with Crippen LogP contribution < -0.4 is 0 Å². The van der Waals surface area contributed by atoms with Crippen LogP contribution in [-0.2, 0) is 22.4 Å². The van der Waals surface area contributed by atoms with Gasteiger partial charge in [0.05, 0.1) is 21.9 Å². The number of aryl methyl sites for hydroxylation is 1. The predicted octanol–water partition coefficient (Wildman–Crippen LogP) is 2.68. The van der Waals surface area contributed by atoms with Gasteiger partial charge in [-0.1, -0.05) is 12.1 Å². The van der Waals surface area contributed by atoms with E-state index in [1.807, 2.05) is 0 Å². The molecule has 2 N–H and O–H groups in total. The largest absolute Gasteiger partial charge is 0.508 e. The summed E-state index contributed by atoms with van der Waals surface area (Å²) in [5, 5.41) is 21.7. The molecule has 9 nitrogen and oxygen atoms in total. The number of nitrogens with one attached hydrogen (secondary N) is 1. The topological polar surface area (TPSA) is 120 Å². The second-order valence-electron chi connectivity index (χ2n) is 8.38. The van der Waals surface area contributed by atoms with Gasteiger partial charge in [0.15, 0.2) is 0 Å². The van der Waals surface area contributed by atoms with Crippen LogP contribution in [0.25, 0.3) is 10.9 Å². The van der Waals surface area contributed by atoms with Crippen molar-refractivity contribution in [3.05, 3.63) is 69.2 Å². The van der Waals surface area contributed by atoms with Crippen molar-refractivity contribution in [3.63, 3.8) is 0 Å². The molecule has 1 aliphatic heterocycles. The molecule has 3 aromatic rings. The second kappa shape index (κ2) is 8.19. The lowest BCUT2D eigenvalue weighted by Gasteiger charge is -2.42. The van der Waals surface area contributed by atoms with Gasteiger partial charge in [-0.05, 0) is 35.7 Å². The minimum absolute atomic E-state index is 0.0376. The van der Waals surface area contributed by atoms with Gasteiger partial charge in [-0.15, -0.1) is 0 Å². The smallest absolute Gasteiger partial charge is 0.281 e. The fraction of sp³-hybridized carbons (Fsp3) is 0.304. The van der Waals surface area contributed by atoms with Crippen LogP contribution in [0.3, 0.4) is 0 Å². The number of halogens is 1. The third-order valence-corrected chi connectivity index (χ3v) is 6.32. The highest BCUT2D eigenvalue weighted by molar-refractivity contribution is 5.98. The summed E-state index contributed by atoms with van der Waals surface area (Å²) in [5.74, 6) is -1.21. The first kappa shape index (κ1) is 22.3. The van der Waals surface area contributed by atoms with Gasteiger partial charge in [-0.2, -0.15) is 0 Å². The highest BCUT2D eigenvalue weighted by Gasteiger charge is 2.43. The summed E-state index contributed by atoms with van der Waals surface area (Å²) >= 11 is 0. The van der Waals surface area contributed by atoms with E-state index in [1.54, 1.807) is 32.2 Å². The molecule has 1 aromatic heterocycles. The van der Waals surface area contributed by atoms with Crippen LogP contribution in [0.4, 0.5) is 10.1 Å². The number of H-pyrrole nitrogens is 1. The lowest BCUT2D eigenvalue weighted by Crippen LogP contribution is -2.63. The first-order valence-corrected chi connectivity index (χ1v) is 10.3. The molecule has 33 heavy (non-hydrogen) atoms. The Morgan fingerprint density at radius 2 is 1.73 bits per heavy atom. The number of carbonyl (C=O) groups is 2. The number of rotatable bonds is 5. The molecule has 0 spiro atoms. The number of phenols is 1. The number of hydrogen-bond donors (Lipinski definition) is 2. The molecule has 172 valence electrons. The summed E-state index contributed by atoms with van der Waals surface area (Å²) in [6.07, 6.45) is 1.78. The zero-order chi connectivity index (χ0) is 24.0. The van der Waals surface area contributed by atoms with Crippen LogP contribution >= 0.6 is 0 Å². The molecular weight excluding hydrogens is 431 g/mol. The molecule has 0 bridgehead atoms. The fourth-order valence-corrected chi connectivity index (χ4v) is 4.36. The van der Waals surface area contributed by atoms with Crippen molar-refractivity contribution in [1.82, 2.24) is 14.8 Å². The Labute approximate surface area is 188 Å². The van der Waals surface area contributed by atoms with Gasteiger partial charge in [0.25, 0.3) is 5.69 Å². The second-order valence-corrected chi connectivity index (χ2v) is 8.38. The van der Waals surface area contributed by atoms with Gasteiger partial charge in [-0.3, -0.25) is 19.7 Å². The van der Waals surface area contributed by atoms with E-state index < -0.39 is 28.5 Å². The fourth-order valence-electron chi connectivity index (χ4n) is 4.36. The van der Waals surface area contributed by atoms with E-state index in [0.29, 0.717) is 11.1 Å². The van der Waals surface area contributed by atoms with Crippen LogP contribution in [-0.4, -0.2) is 62.8 Å². The maximum absolute atomic E-state index is 13.8. The molecule has 0 radical (unpaired) electrons. The molecule has 0 saturated carbocycles. The summed E-state index contributed by atoms with van der Waals surface area (Å²) in [5.41, 5.74) is 1.73. The Bertz CT molecular complexity index is 1290. The number of nitrogens with zero attached hydrogens (tertiary/aromatic N) is 3. The standard InChI is InChI=1S/C23H23FN4O5/c1-12-4-5-13(7-20(12)29)6-18-22(30)27(3)19(23(31)26(18)2)8-14-11-25-16-9-15(24)10-17(21(14)16)28(32)33/h4-5,7,9-11,18-19,25,29H,6,8H2,1-3H3. The third kappa shape index (κ3) is 3.88. The number of fused-ring (bicyclic) bond motifs is 1. The van der Waals surface area contributed by atoms with Gasteiger partial charge in [0.2, 0.25) is 11.8 Å². The predicted molar refractivity (Wildman–Crippen MR) is 118 cm³/mol. The number of aromatic nitrogens is 1. The van der Waals surface area contributed by atoms with E-state index in [4.69, 9.17) is 0 Å². The number of aromatic amines is 1. The van der Waals surface area contributed by atoms with Gasteiger partial charge >= 0.3 is 0 Å². The molecule has 1 aliphatic rings. The highest BCUT2D eigenvalue weighted by atomic mass is 19.1. The average Bonchev–Trinajstić information content (AvgIpc) is 3.17. The third-order valence-electron chi connectivity index (χ3n) is 6.32. The first-order chi connectivity index (χ1) is 15.6. The van der Waals surface area contributed by atoms with Crippen molar-refractivity contribution in [2.24, 2.45) is 0 Å². The summed E-state index contributed by atoms with van der Waals surface area (Å²) in [6.45, 7) is 1.77. The summed E-state index contributed by atoms with van der Waals surface area (Å²) in [6, 6.07) is 5.52. The molecule has 0 aliphatic carbocycles. The Morgan fingerprint density at radius 1 is 1.09 bits per heavy atom. The van der Waals surface area contributed by atoms with Crippen molar-refractivity contribution in [1.29, 1.82) is 0 Å². The number of piperazine rings is 1. The lowest BCUT2D eigenvalue weighted by molar-refractivity contribution is -0.383. The number of hydrogen-bond acceptors (Lipinski definition) is 5. The molecular formula is C23H23FN4O5. The maximum Gasteiger partial charge on any atom is 0.281 e. The van der Waals surface area contributed by atoms with Gasteiger partial charge in [-0.25, -0.2) is 4.39 Å². The van der Waals surface area contributed by atoms with E-state index in [-0.39, 0.29) is 41.3 Å². The monoisotopic (exact) mass is 454 g/mol. The number of benzene rings is 2. The number of non-ortho nitro benzene ring substituents is 1. The zero-order valence-corrected chi connectivity index (χ0v) is 18.3. The summed E-state index contributed by atoms with van der Waals surface area (Å²) in [4.78, 5) is 42.7. The molecule has 10 heteroatoms. The number of phenolic OH excluding ortho intramolecular Hbond substituents is 1. The molecule has 2 atom stereocenters. The molecule has 2 aromatic carbocycles. The molecule has 1 saturated heterocycles. The quantitative estimate of drug-likeness (QED) is 0.454. The number of aromatic hydroxyl groups is 1. The number of amides is 2. The summed E-state index contributed by atoms with van der Waals surface area (Å²) in [7, 11) is 3.08. The highest BCUT2D eigenvalue weighted by Crippen LogP contribution is 2.32. The number of nitro benzene ring substituents is 1. The van der Waals surface area contributed by atoms with Gasteiger partial charge < -0.3 is 19.9 Å². The van der Waals surface area contributed by atoms with Gasteiger partial charge in [0.1, 0.15) is 23.7 Å². The molecule has 2 unspecified atom stereocenters. The van der Waals surface area contributed by atoms with E-state index in [1.165, 1.54) is 23.0 Å². The summed E-state index contributed by atoms with van der Waals surface area (Å²) < 4.78 is 13.8. The van der Waals surface area contributed by atoms with E-state index in [0.717, 1.165) is 17.7 Å². The Kier molecular flexibility index (Phi) is 5.52. The Hall–Kier alpha value is -3.95. The van der Waals surface area contributed by atoms with Crippen LogP contribution in [0, 0.1) is 22.9 Å². The van der Waals surface area contributed by atoms with Crippen LogP contribution in [0.1, 0.15) is 16.7 Å². The van der Waals surface area contributed by atoms with Crippen LogP contribution in [0.5, 0.6) is 5.75 Å². The SMILES string of the molecule is Cc1ccc(CC2C(=O)N(C)C(Cc3c[nH]c4cc(F)cc([N+](=O)[O-])c34)C(=O)N2C)cc1O. The van der Waals surface area contributed by atoms with E-state index >= 15 is 0 Å². The van der Waals surface area contributed by atoms with Crippen molar-refractivity contribution in [2.45, 2.75) is 31.8 Å². The average molecular weight is 454 g/mol.